The summed E-state index contributed by atoms with van der Waals surface area (Å²) in [6.07, 6.45) is 1.60. The monoisotopic (exact) mass is 254 g/mol. The summed E-state index contributed by atoms with van der Waals surface area (Å²) in [5.41, 5.74) is 10.7. The van der Waals surface area contributed by atoms with Gasteiger partial charge < -0.3 is 14.7 Å². The molecule has 0 atom stereocenters. The predicted octanol–water partition coefficient (Wildman–Crippen LogP) is 3.80. The van der Waals surface area contributed by atoms with E-state index in [1.807, 2.05) is 18.2 Å². The first-order valence-corrected chi connectivity index (χ1v) is 6.03. The highest BCUT2D eigenvalue weighted by Crippen LogP contribution is 2.36. The molecule has 0 fully saturated rings. The minimum atomic E-state index is 0.301. The second kappa shape index (κ2) is 4.31. The van der Waals surface area contributed by atoms with Gasteiger partial charge in [0.05, 0.1) is 11.8 Å². The van der Waals surface area contributed by atoms with Gasteiger partial charge in [0.15, 0.2) is 11.5 Å². The summed E-state index contributed by atoms with van der Waals surface area (Å²) in [5.74, 6) is 0.948. The zero-order chi connectivity index (χ0) is 13.4. The topological polar surface area (TPSA) is 65.2 Å². The Morgan fingerprint density at radius 1 is 1.11 bits per heavy atom. The van der Waals surface area contributed by atoms with Crippen molar-refractivity contribution in [2.75, 3.05) is 5.73 Å². The zero-order valence-corrected chi connectivity index (χ0v) is 10.8. The first-order chi connectivity index (χ1) is 9.16. The number of anilines is 1. The van der Waals surface area contributed by atoms with Crippen molar-refractivity contribution in [1.82, 2.24) is 5.16 Å². The molecule has 96 valence electrons. The fourth-order valence-corrected chi connectivity index (χ4v) is 2.06. The largest absolute Gasteiger partial charge is 0.463 e. The van der Waals surface area contributed by atoms with Crippen LogP contribution < -0.4 is 5.73 Å². The molecule has 2 N–H and O–H groups in total. The lowest BCUT2D eigenvalue weighted by molar-refractivity contribution is 0.436. The molecule has 0 saturated heterocycles. The van der Waals surface area contributed by atoms with E-state index in [1.54, 1.807) is 6.26 Å². The van der Waals surface area contributed by atoms with Crippen LogP contribution in [0.15, 0.2) is 45.5 Å². The molecule has 0 aliphatic carbocycles. The van der Waals surface area contributed by atoms with Gasteiger partial charge in [-0.25, -0.2) is 0 Å². The van der Waals surface area contributed by atoms with Gasteiger partial charge in [-0.1, -0.05) is 23.4 Å². The van der Waals surface area contributed by atoms with Crippen molar-refractivity contribution in [3.8, 4) is 22.6 Å². The maximum Gasteiger partial charge on any atom is 0.230 e. The van der Waals surface area contributed by atoms with Gasteiger partial charge in [-0.2, -0.15) is 0 Å². The van der Waals surface area contributed by atoms with E-state index in [1.165, 1.54) is 11.1 Å². The molecule has 1 aromatic carbocycles. The summed E-state index contributed by atoms with van der Waals surface area (Å²) in [6, 6.07) is 9.79. The molecule has 0 aliphatic heterocycles. The quantitative estimate of drug-likeness (QED) is 0.755. The third-order valence-electron chi connectivity index (χ3n) is 3.27. The average molecular weight is 254 g/mol. The highest BCUT2D eigenvalue weighted by atomic mass is 16.5. The molecular formula is C15H14N2O2. The number of hydrogen-bond acceptors (Lipinski definition) is 4. The highest BCUT2D eigenvalue weighted by molar-refractivity contribution is 5.85. The van der Waals surface area contributed by atoms with E-state index in [4.69, 9.17) is 14.7 Å². The van der Waals surface area contributed by atoms with Crippen LogP contribution in [-0.4, -0.2) is 5.16 Å². The lowest BCUT2D eigenvalue weighted by Gasteiger charge is -2.05. The van der Waals surface area contributed by atoms with Gasteiger partial charge in [-0.05, 0) is 42.7 Å². The van der Waals surface area contributed by atoms with Crippen LogP contribution in [-0.2, 0) is 0 Å². The van der Waals surface area contributed by atoms with Gasteiger partial charge in [0.25, 0.3) is 0 Å². The number of nitrogen functional groups attached to an aromatic ring is 1. The maximum absolute atomic E-state index is 5.90. The third kappa shape index (κ3) is 1.91. The molecule has 0 aliphatic rings. The second-order valence-electron chi connectivity index (χ2n) is 4.55. The summed E-state index contributed by atoms with van der Waals surface area (Å²) < 4.78 is 10.5. The molecular weight excluding hydrogens is 240 g/mol. The van der Waals surface area contributed by atoms with Crippen molar-refractivity contribution in [1.29, 1.82) is 0 Å². The van der Waals surface area contributed by atoms with Crippen LogP contribution in [0.4, 0.5) is 5.88 Å². The van der Waals surface area contributed by atoms with E-state index in [2.05, 4.69) is 31.1 Å². The third-order valence-corrected chi connectivity index (χ3v) is 3.27. The molecule has 2 aromatic heterocycles. The van der Waals surface area contributed by atoms with Crippen LogP contribution in [0, 0.1) is 13.8 Å². The van der Waals surface area contributed by atoms with Crippen molar-refractivity contribution in [3.63, 3.8) is 0 Å². The van der Waals surface area contributed by atoms with Crippen LogP contribution in [0.25, 0.3) is 22.6 Å². The minimum absolute atomic E-state index is 0.301. The SMILES string of the molecule is Cc1ccc(-c2c(-c3ccco3)noc2N)cc1C. The molecule has 4 heteroatoms. The summed E-state index contributed by atoms with van der Waals surface area (Å²) in [7, 11) is 0. The predicted molar refractivity (Wildman–Crippen MR) is 73.5 cm³/mol. The Balaban J connectivity index is 2.19. The maximum atomic E-state index is 5.90. The van der Waals surface area contributed by atoms with E-state index in [9.17, 15) is 0 Å². The Labute approximate surface area is 110 Å². The molecule has 19 heavy (non-hydrogen) atoms. The average Bonchev–Trinajstić information content (AvgIpc) is 3.01. The number of furan rings is 1. The molecule has 0 spiro atoms. The Kier molecular flexibility index (Phi) is 2.63. The number of benzene rings is 1. The zero-order valence-electron chi connectivity index (χ0n) is 10.8. The van der Waals surface area contributed by atoms with Crippen LogP contribution >= 0.6 is 0 Å². The molecule has 3 rings (SSSR count). The number of hydrogen-bond donors (Lipinski definition) is 1. The number of aromatic nitrogens is 1. The van der Waals surface area contributed by atoms with E-state index in [0.29, 0.717) is 17.3 Å². The first-order valence-electron chi connectivity index (χ1n) is 6.03. The van der Waals surface area contributed by atoms with Crippen LogP contribution in [0.2, 0.25) is 0 Å². The van der Waals surface area contributed by atoms with Gasteiger partial charge in [0.1, 0.15) is 0 Å². The molecule has 0 radical (unpaired) electrons. The van der Waals surface area contributed by atoms with Crippen LogP contribution in [0.5, 0.6) is 0 Å². The van der Waals surface area contributed by atoms with Gasteiger partial charge in [0, 0.05) is 0 Å². The normalized spacial score (nSPS) is 10.8. The van der Waals surface area contributed by atoms with E-state index in [0.717, 1.165) is 11.1 Å². The lowest BCUT2D eigenvalue weighted by atomic mass is 9.99. The standard InChI is InChI=1S/C15H14N2O2/c1-9-5-6-11(8-10(9)2)13-14(17-19-15(13)16)12-4-3-7-18-12/h3-8H,16H2,1-2H3. The Bertz CT molecular complexity index is 712. The second-order valence-corrected chi connectivity index (χ2v) is 4.55. The molecule has 0 bridgehead atoms. The van der Waals surface area contributed by atoms with Crippen molar-refractivity contribution in [2.45, 2.75) is 13.8 Å². The Hall–Kier alpha value is -2.49. The molecule has 0 unspecified atom stereocenters. The van der Waals surface area contributed by atoms with Crippen molar-refractivity contribution in [3.05, 3.63) is 47.7 Å². The summed E-state index contributed by atoms with van der Waals surface area (Å²) in [4.78, 5) is 0. The smallest absolute Gasteiger partial charge is 0.230 e. The van der Waals surface area contributed by atoms with E-state index < -0.39 is 0 Å². The number of nitrogens with two attached hydrogens (primary N) is 1. The number of nitrogens with zero attached hydrogens (tertiary/aromatic N) is 1. The van der Waals surface area contributed by atoms with E-state index in [-0.39, 0.29) is 0 Å². The van der Waals surface area contributed by atoms with Crippen molar-refractivity contribution < 1.29 is 8.94 Å². The Morgan fingerprint density at radius 3 is 2.63 bits per heavy atom. The number of aryl methyl sites for hydroxylation is 2. The molecule has 3 aromatic rings. The summed E-state index contributed by atoms with van der Waals surface area (Å²) >= 11 is 0. The molecule has 4 nitrogen and oxygen atoms in total. The minimum Gasteiger partial charge on any atom is -0.463 e. The van der Waals surface area contributed by atoms with Gasteiger partial charge in [-0.3, -0.25) is 0 Å². The summed E-state index contributed by atoms with van der Waals surface area (Å²) in [5, 5.41) is 3.99. The molecule has 0 saturated carbocycles. The Morgan fingerprint density at radius 2 is 1.95 bits per heavy atom. The van der Waals surface area contributed by atoms with Gasteiger partial charge >= 0.3 is 0 Å². The highest BCUT2D eigenvalue weighted by Gasteiger charge is 2.19. The van der Waals surface area contributed by atoms with Crippen LogP contribution in [0.3, 0.4) is 0 Å². The van der Waals surface area contributed by atoms with Gasteiger partial charge in [0.2, 0.25) is 5.88 Å². The molecule has 2 heterocycles. The van der Waals surface area contributed by atoms with E-state index >= 15 is 0 Å². The fourth-order valence-electron chi connectivity index (χ4n) is 2.06. The van der Waals surface area contributed by atoms with Crippen molar-refractivity contribution in [2.24, 2.45) is 0 Å². The lowest BCUT2D eigenvalue weighted by Crippen LogP contribution is -1.89. The summed E-state index contributed by atoms with van der Waals surface area (Å²) in [6.45, 7) is 4.14. The fraction of sp³-hybridized carbons (Fsp3) is 0.133. The van der Waals surface area contributed by atoms with Crippen molar-refractivity contribution >= 4 is 5.88 Å². The van der Waals surface area contributed by atoms with Crippen LogP contribution in [0.1, 0.15) is 11.1 Å². The first kappa shape index (κ1) is 11.6. The van der Waals surface area contributed by atoms with Gasteiger partial charge in [-0.15, -0.1) is 0 Å². The number of rotatable bonds is 2. The molecule has 0 amide bonds.